The fourth-order valence-corrected chi connectivity index (χ4v) is 9.13. The minimum Gasteiger partial charge on any atom is -0.391 e. The van der Waals surface area contributed by atoms with Crippen LogP contribution in [-0.2, 0) is 18.4 Å². The summed E-state index contributed by atoms with van der Waals surface area (Å²) in [5.41, 5.74) is 0. The molecule has 0 rings (SSSR count). The largest absolute Gasteiger partial charge is 0.472 e. The number of aliphatic hydroxyl groups is 1. The standard InChI is InChI=1S/C54H109N2O6P/c1-6-8-10-12-14-16-18-20-22-24-26-27-28-30-32-34-36-38-40-42-44-46-48-54(58)55-52(51-62-63(59,60)61-50-49-56(3,4)5)53(57)47-45-43-41-39-37-35-33-31-29-25-23-21-19-17-15-13-11-9-7-2/h28,30,52-53,57H,6-27,29,31-51H2,1-5H3,(H-,55,58,59,60)/p+1/b30-28-. The van der Waals surface area contributed by atoms with Gasteiger partial charge in [0.2, 0.25) is 5.91 Å². The van der Waals surface area contributed by atoms with Crippen molar-refractivity contribution in [2.75, 3.05) is 40.9 Å². The van der Waals surface area contributed by atoms with Crippen molar-refractivity contribution in [2.45, 2.75) is 289 Å². The number of allylic oxidation sites excluding steroid dienone is 2. The summed E-state index contributed by atoms with van der Waals surface area (Å²) in [6.07, 6.45) is 55.4. The third kappa shape index (κ3) is 49.0. The molecule has 63 heavy (non-hydrogen) atoms. The van der Waals surface area contributed by atoms with Crippen LogP contribution in [0.2, 0.25) is 0 Å². The van der Waals surface area contributed by atoms with E-state index in [9.17, 15) is 19.4 Å². The normalized spacial score (nSPS) is 14.1. The highest BCUT2D eigenvalue weighted by molar-refractivity contribution is 7.47. The molecule has 0 aliphatic rings. The number of rotatable bonds is 51. The Morgan fingerprint density at radius 1 is 0.524 bits per heavy atom. The van der Waals surface area contributed by atoms with Gasteiger partial charge in [-0.1, -0.05) is 244 Å². The number of phosphoric acid groups is 1. The second kappa shape index (κ2) is 46.4. The van der Waals surface area contributed by atoms with Crippen LogP contribution in [-0.4, -0.2) is 73.4 Å². The van der Waals surface area contributed by atoms with Gasteiger partial charge in [0.1, 0.15) is 13.2 Å². The molecule has 1 amide bonds. The van der Waals surface area contributed by atoms with Gasteiger partial charge in [0.15, 0.2) is 0 Å². The van der Waals surface area contributed by atoms with Crippen molar-refractivity contribution in [1.29, 1.82) is 0 Å². The fourth-order valence-electron chi connectivity index (χ4n) is 8.40. The second-order valence-electron chi connectivity index (χ2n) is 20.3. The van der Waals surface area contributed by atoms with Crippen molar-refractivity contribution in [2.24, 2.45) is 0 Å². The fraction of sp³-hybridized carbons (Fsp3) is 0.944. The first-order valence-corrected chi connectivity index (χ1v) is 29.0. The first kappa shape index (κ1) is 62.2. The van der Waals surface area contributed by atoms with Crippen LogP contribution in [0.3, 0.4) is 0 Å². The van der Waals surface area contributed by atoms with Gasteiger partial charge in [-0.15, -0.1) is 0 Å². The maximum Gasteiger partial charge on any atom is 0.472 e. The highest BCUT2D eigenvalue weighted by atomic mass is 31.2. The average molecular weight is 914 g/mol. The van der Waals surface area contributed by atoms with Gasteiger partial charge in [-0.05, 0) is 38.5 Å². The molecule has 3 N–H and O–H groups in total. The number of hydrogen-bond donors (Lipinski definition) is 3. The maximum atomic E-state index is 13.0. The number of carbonyl (C=O) groups excluding carboxylic acids is 1. The van der Waals surface area contributed by atoms with E-state index in [0.717, 1.165) is 38.5 Å². The number of amides is 1. The zero-order chi connectivity index (χ0) is 46.4. The third-order valence-electron chi connectivity index (χ3n) is 12.8. The zero-order valence-corrected chi connectivity index (χ0v) is 43.7. The summed E-state index contributed by atoms with van der Waals surface area (Å²) in [6.45, 7) is 4.93. The molecule has 0 aliphatic carbocycles. The van der Waals surface area contributed by atoms with Gasteiger partial charge in [0.05, 0.1) is 39.9 Å². The highest BCUT2D eigenvalue weighted by Crippen LogP contribution is 2.43. The lowest BCUT2D eigenvalue weighted by Gasteiger charge is -2.26. The Morgan fingerprint density at radius 2 is 0.857 bits per heavy atom. The quantitative estimate of drug-likeness (QED) is 0.0243. The van der Waals surface area contributed by atoms with Gasteiger partial charge in [0.25, 0.3) is 0 Å². The molecule has 0 aromatic rings. The van der Waals surface area contributed by atoms with Crippen LogP contribution >= 0.6 is 7.82 Å². The molecular weight excluding hydrogens is 804 g/mol. The first-order chi connectivity index (χ1) is 30.5. The van der Waals surface area contributed by atoms with Crippen molar-refractivity contribution >= 4 is 13.7 Å². The summed E-state index contributed by atoms with van der Waals surface area (Å²) >= 11 is 0. The molecule has 0 saturated carbocycles. The molecule has 0 saturated heterocycles. The van der Waals surface area contributed by atoms with E-state index in [1.54, 1.807) is 0 Å². The summed E-state index contributed by atoms with van der Waals surface area (Å²) in [7, 11) is 1.63. The van der Waals surface area contributed by atoms with E-state index in [2.05, 4.69) is 31.3 Å². The molecular formula is C54H110N2O6P+. The van der Waals surface area contributed by atoms with Crippen LogP contribution in [0, 0.1) is 0 Å². The molecule has 3 atom stereocenters. The van der Waals surface area contributed by atoms with E-state index in [-0.39, 0.29) is 19.1 Å². The SMILES string of the molecule is CCCCCCCCCCCCC/C=C\CCCCCCCCCC(=O)NC(COP(=O)(O)OCC[N+](C)(C)C)C(O)CCCCCCCCCCCCCCCCCCCCC. The molecule has 0 fully saturated rings. The molecule has 0 aliphatic heterocycles. The van der Waals surface area contributed by atoms with Crippen molar-refractivity contribution < 1.29 is 32.9 Å². The lowest BCUT2D eigenvalue weighted by atomic mass is 10.0. The summed E-state index contributed by atoms with van der Waals surface area (Å²) in [5, 5.41) is 14.1. The van der Waals surface area contributed by atoms with Crippen molar-refractivity contribution in [3.63, 3.8) is 0 Å². The predicted molar refractivity (Wildman–Crippen MR) is 272 cm³/mol. The van der Waals surface area contributed by atoms with Crippen LogP contribution in [0.25, 0.3) is 0 Å². The number of unbranched alkanes of at least 4 members (excludes halogenated alkanes) is 36. The van der Waals surface area contributed by atoms with Gasteiger partial charge in [-0.3, -0.25) is 13.8 Å². The van der Waals surface area contributed by atoms with E-state index in [1.807, 2.05) is 21.1 Å². The van der Waals surface area contributed by atoms with Crippen LogP contribution in [0.4, 0.5) is 0 Å². The minimum absolute atomic E-state index is 0.0762. The molecule has 0 heterocycles. The van der Waals surface area contributed by atoms with Gasteiger partial charge in [0, 0.05) is 6.42 Å². The Labute approximate surface area is 392 Å². The molecule has 9 heteroatoms. The maximum absolute atomic E-state index is 13.0. The number of carbonyl (C=O) groups is 1. The Morgan fingerprint density at radius 3 is 1.22 bits per heavy atom. The monoisotopic (exact) mass is 914 g/mol. The topological polar surface area (TPSA) is 105 Å². The third-order valence-corrected chi connectivity index (χ3v) is 13.7. The first-order valence-electron chi connectivity index (χ1n) is 27.6. The Hall–Kier alpha value is -0.760. The number of aliphatic hydroxyl groups excluding tert-OH is 1. The number of nitrogens with one attached hydrogen (secondary N) is 1. The van der Waals surface area contributed by atoms with Crippen LogP contribution < -0.4 is 5.32 Å². The summed E-state index contributed by atoms with van der Waals surface area (Å²) in [6, 6.07) is -0.760. The lowest BCUT2D eigenvalue weighted by Crippen LogP contribution is -2.46. The predicted octanol–water partition coefficient (Wildman–Crippen LogP) is 16.3. The van der Waals surface area contributed by atoms with Gasteiger partial charge in [-0.2, -0.15) is 0 Å². The number of nitrogens with zero attached hydrogens (tertiary/aromatic N) is 1. The van der Waals surface area contributed by atoms with E-state index in [0.29, 0.717) is 23.9 Å². The molecule has 0 spiro atoms. The Kier molecular flexibility index (Phi) is 45.8. The zero-order valence-electron chi connectivity index (χ0n) is 42.8. The Bertz CT molecular complexity index is 1040. The average Bonchev–Trinajstić information content (AvgIpc) is 3.24. The van der Waals surface area contributed by atoms with Crippen molar-refractivity contribution in [1.82, 2.24) is 5.32 Å². The van der Waals surface area contributed by atoms with Gasteiger partial charge in [-0.25, -0.2) is 4.57 Å². The highest BCUT2D eigenvalue weighted by Gasteiger charge is 2.28. The smallest absolute Gasteiger partial charge is 0.391 e. The van der Waals surface area contributed by atoms with Crippen molar-refractivity contribution in [3.8, 4) is 0 Å². The molecule has 0 radical (unpaired) electrons. The van der Waals surface area contributed by atoms with Crippen LogP contribution in [0.5, 0.6) is 0 Å². The molecule has 0 bridgehead atoms. The molecule has 0 aromatic heterocycles. The summed E-state index contributed by atoms with van der Waals surface area (Å²) < 4.78 is 23.8. The van der Waals surface area contributed by atoms with Crippen LogP contribution in [0.1, 0.15) is 277 Å². The van der Waals surface area contributed by atoms with E-state index in [4.69, 9.17) is 9.05 Å². The molecule has 376 valence electrons. The minimum atomic E-state index is -4.32. The number of quaternary nitrogens is 1. The molecule has 8 nitrogen and oxygen atoms in total. The van der Waals surface area contributed by atoms with E-state index in [1.165, 1.54) is 212 Å². The number of phosphoric ester groups is 1. The lowest BCUT2D eigenvalue weighted by molar-refractivity contribution is -0.870. The van der Waals surface area contributed by atoms with Gasteiger partial charge < -0.3 is 19.8 Å². The molecule has 0 aromatic carbocycles. The number of hydrogen-bond acceptors (Lipinski definition) is 5. The molecule has 3 unspecified atom stereocenters. The van der Waals surface area contributed by atoms with Crippen LogP contribution in [0.15, 0.2) is 12.2 Å². The number of likely N-dealkylation sites (N-methyl/N-ethyl adjacent to an activating group) is 1. The Balaban J connectivity index is 4.20. The second-order valence-corrected chi connectivity index (χ2v) is 21.8. The van der Waals surface area contributed by atoms with E-state index >= 15 is 0 Å². The van der Waals surface area contributed by atoms with Crippen molar-refractivity contribution in [3.05, 3.63) is 12.2 Å². The van der Waals surface area contributed by atoms with Gasteiger partial charge >= 0.3 is 7.82 Å². The van der Waals surface area contributed by atoms with E-state index < -0.39 is 20.0 Å². The summed E-state index contributed by atoms with van der Waals surface area (Å²) in [5.74, 6) is -0.144. The summed E-state index contributed by atoms with van der Waals surface area (Å²) in [4.78, 5) is 23.3.